The van der Waals surface area contributed by atoms with Crippen LogP contribution in [0.2, 0.25) is 0 Å². The summed E-state index contributed by atoms with van der Waals surface area (Å²) in [7, 11) is -3.53. The second-order valence-corrected chi connectivity index (χ2v) is 6.43. The summed E-state index contributed by atoms with van der Waals surface area (Å²) in [4.78, 5) is 0.281. The molecule has 2 heterocycles. The molecule has 0 saturated carbocycles. The average molecular weight is 293 g/mol. The zero-order valence-corrected chi connectivity index (χ0v) is 11.6. The van der Waals surface area contributed by atoms with Crippen LogP contribution in [0, 0.1) is 0 Å². The Balaban J connectivity index is 1.80. The quantitative estimate of drug-likeness (QED) is 0.892. The minimum Gasteiger partial charge on any atom is -0.385 e. The molecule has 0 bridgehead atoms. The van der Waals surface area contributed by atoms with Crippen LogP contribution in [0.25, 0.3) is 0 Å². The van der Waals surface area contributed by atoms with Crippen molar-refractivity contribution in [2.75, 3.05) is 11.9 Å². The molecular weight excluding hydrogens is 278 g/mol. The third-order valence-corrected chi connectivity index (χ3v) is 4.66. The van der Waals surface area contributed by atoms with Crippen molar-refractivity contribution in [3.63, 3.8) is 0 Å². The maximum atomic E-state index is 12.2. The molecule has 20 heavy (non-hydrogen) atoms. The Morgan fingerprint density at radius 2 is 2.25 bits per heavy atom. The van der Waals surface area contributed by atoms with Crippen molar-refractivity contribution in [3.8, 4) is 0 Å². The van der Waals surface area contributed by atoms with Crippen molar-refractivity contribution in [1.29, 1.82) is 0 Å². The molecule has 1 aliphatic rings. The fraction of sp³-hybridized carbons (Fsp3) is 0.308. The lowest BCUT2D eigenvalue weighted by Crippen LogP contribution is -2.24. The number of rotatable bonds is 4. The number of nitrogens with one attached hydrogen (secondary N) is 2. The minimum absolute atomic E-state index is 0.119. The number of hydrogen-bond acceptors (Lipinski definition) is 5. The molecule has 1 aromatic carbocycles. The van der Waals surface area contributed by atoms with Gasteiger partial charge in [0.15, 0.2) is 0 Å². The monoisotopic (exact) mass is 293 g/mol. The van der Waals surface area contributed by atoms with Crippen LogP contribution in [0.5, 0.6) is 0 Å². The van der Waals surface area contributed by atoms with E-state index < -0.39 is 10.0 Å². The highest BCUT2D eigenvalue weighted by Gasteiger charge is 2.17. The van der Waals surface area contributed by atoms with Gasteiger partial charge < -0.3 is 9.84 Å². The van der Waals surface area contributed by atoms with Crippen LogP contribution in [0.4, 0.5) is 5.69 Å². The topological polar surface area (TPSA) is 84.2 Å². The molecule has 3 rings (SSSR count). The first kappa shape index (κ1) is 13.1. The van der Waals surface area contributed by atoms with Crippen molar-refractivity contribution in [1.82, 2.24) is 9.88 Å². The lowest BCUT2D eigenvalue weighted by atomic mass is 10.0. The molecule has 0 fully saturated rings. The highest BCUT2D eigenvalue weighted by Crippen LogP contribution is 2.24. The zero-order chi connectivity index (χ0) is 14.0. The van der Waals surface area contributed by atoms with Crippen LogP contribution >= 0.6 is 0 Å². The predicted octanol–water partition coefficient (Wildman–Crippen LogP) is 1.51. The lowest BCUT2D eigenvalue weighted by molar-refractivity contribution is 0.411. The van der Waals surface area contributed by atoms with Gasteiger partial charge in [0.2, 0.25) is 10.0 Å². The molecule has 2 N–H and O–H groups in total. The number of hydrogen-bond donors (Lipinski definition) is 2. The van der Waals surface area contributed by atoms with Crippen LogP contribution in [0.3, 0.4) is 0 Å². The van der Waals surface area contributed by atoms with Gasteiger partial charge in [-0.2, -0.15) is 0 Å². The van der Waals surface area contributed by atoms with E-state index in [1.165, 1.54) is 6.26 Å². The van der Waals surface area contributed by atoms with E-state index in [1.807, 2.05) is 6.07 Å². The molecule has 7 heteroatoms. The molecule has 2 aromatic rings. The van der Waals surface area contributed by atoms with Crippen LogP contribution in [0.15, 0.2) is 39.9 Å². The molecule has 0 unspecified atom stereocenters. The summed E-state index contributed by atoms with van der Waals surface area (Å²) >= 11 is 0. The number of benzene rings is 1. The van der Waals surface area contributed by atoms with Gasteiger partial charge in [-0.3, -0.25) is 0 Å². The molecule has 0 radical (unpaired) electrons. The van der Waals surface area contributed by atoms with Crippen LogP contribution < -0.4 is 10.0 Å². The molecule has 0 aliphatic carbocycles. The number of aryl methyl sites for hydroxylation is 1. The molecule has 106 valence electrons. The summed E-state index contributed by atoms with van der Waals surface area (Å²) in [6.07, 6.45) is 3.33. The largest absolute Gasteiger partial charge is 0.385 e. The van der Waals surface area contributed by atoms with Gasteiger partial charge in [-0.25, -0.2) is 13.1 Å². The van der Waals surface area contributed by atoms with Gasteiger partial charge in [0.25, 0.3) is 0 Å². The SMILES string of the molecule is O=S(=O)(NCc1ccon1)c1ccc2c(c1)CCCN2. The van der Waals surface area contributed by atoms with Crippen LogP contribution in [-0.4, -0.2) is 20.1 Å². The zero-order valence-electron chi connectivity index (χ0n) is 10.8. The standard InChI is InChI=1S/C13H15N3O3S/c17-20(18,15-9-11-5-7-19-16-11)12-3-4-13-10(8-12)2-1-6-14-13/h3-5,7-8,14-15H,1-2,6,9H2. The normalized spacial score (nSPS) is 14.6. The summed E-state index contributed by atoms with van der Waals surface area (Å²) in [5, 5.41) is 6.93. The Morgan fingerprint density at radius 3 is 3.05 bits per heavy atom. The Hall–Kier alpha value is -1.86. The van der Waals surface area contributed by atoms with E-state index in [4.69, 9.17) is 0 Å². The first-order valence-corrected chi connectivity index (χ1v) is 7.89. The maximum Gasteiger partial charge on any atom is 0.240 e. The van der Waals surface area contributed by atoms with E-state index in [2.05, 4.69) is 19.7 Å². The molecule has 0 amide bonds. The smallest absolute Gasteiger partial charge is 0.240 e. The van der Waals surface area contributed by atoms with Crippen LogP contribution in [-0.2, 0) is 23.0 Å². The van der Waals surface area contributed by atoms with E-state index in [1.54, 1.807) is 18.2 Å². The van der Waals surface area contributed by atoms with Gasteiger partial charge in [0.05, 0.1) is 17.1 Å². The molecule has 1 aromatic heterocycles. The Morgan fingerprint density at radius 1 is 1.35 bits per heavy atom. The van der Waals surface area contributed by atoms with Gasteiger partial charge in [-0.15, -0.1) is 0 Å². The van der Waals surface area contributed by atoms with Gasteiger partial charge in [-0.1, -0.05) is 5.16 Å². The number of fused-ring (bicyclic) bond motifs is 1. The summed E-state index contributed by atoms with van der Waals surface area (Å²) in [6.45, 7) is 1.05. The summed E-state index contributed by atoms with van der Waals surface area (Å²) in [6, 6.07) is 6.79. The van der Waals surface area contributed by atoms with E-state index in [0.717, 1.165) is 30.6 Å². The Labute approximate surface area is 117 Å². The fourth-order valence-electron chi connectivity index (χ4n) is 2.20. The molecule has 6 nitrogen and oxygen atoms in total. The van der Waals surface area contributed by atoms with Gasteiger partial charge >= 0.3 is 0 Å². The Kier molecular flexibility index (Phi) is 3.45. The maximum absolute atomic E-state index is 12.2. The van der Waals surface area contributed by atoms with Crippen molar-refractivity contribution in [3.05, 3.63) is 41.8 Å². The number of aromatic nitrogens is 1. The van der Waals surface area contributed by atoms with E-state index >= 15 is 0 Å². The van der Waals surface area contributed by atoms with Crippen molar-refractivity contribution in [2.24, 2.45) is 0 Å². The van der Waals surface area contributed by atoms with Crippen LogP contribution in [0.1, 0.15) is 17.7 Å². The fourth-order valence-corrected chi connectivity index (χ4v) is 3.25. The first-order chi connectivity index (χ1) is 9.65. The van der Waals surface area contributed by atoms with Crippen molar-refractivity contribution in [2.45, 2.75) is 24.3 Å². The molecule has 0 atom stereocenters. The summed E-state index contributed by atoms with van der Waals surface area (Å²) in [5.74, 6) is 0. The van der Waals surface area contributed by atoms with E-state index in [9.17, 15) is 8.42 Å². The number of sulfonamides is 1. The van der Waals surface area contributed by atoms with E-state index in [0.29, 0.717) is 5.69 Å². The predicted molar refractivity (Wildman–Crippen MR) is 73.8 cm³/mol. The van der Waals surface area contributed by atoms with Gasteiger partial charge in [0.1, 0.15) is 6.26 Å². The third-order valence-electron chi connectivity index (χ3n) is 3.26. The van der Waals surface area contributed by atoms with Gasteiger partial charge in [0, 0.05) is 18.3 Å². The van der Waals surface area contributed by atoms with Crippen molar-refractivity contribution >= 4 is 15.7 Å². The van der Waals surface area contributed by atoms with E-state index in [-0.39, 0.29) is 11.4 Å². The number of anilines is 1. The molecule has 0 saturated heterocycles. The third kappa shape index (κ3) is 2.68. The average Bonchev–Trinajstić information content (AvgIpc) is 2.98. The highest BCUT2D eigenvalue weighted by atomic mass is 32.2. The molecular formula is C13H15N3O3S. The highest BCUT2D eigenvalue weighted by molar-refractivity contribution is 7.89. The first-order valence-electron chi connectivity index (χ1n) is 6.41. The second kappa shape index (κ2) is 5.26. The van der Waals surface area contributed by atoms with Crippen molar-refractivity contribution < 1.29 is 12.9 Å². The molecule has 0 spiro atoms. The molecule has 1 aliphatic heterocycles. The number of nitrogens with zero attached hydrogens (tertiary/aromatic N) is 1. The summed E-state index contributed by atoms with van der Waals surface area (Å²) in [5.41, 5.74) is 2.61. The minimum atomic E-state index is -3.53. The summed E-state index contributed by atoms with van der Waals surface area (Å²) < 4.78 is 31.6. The van der Waals surface area contributed by atoms with Gasteiger partial charge in [-0.05, 0) is 36.6 Å². The Bertz CT molecular complexity index is 696. The lowest BCUT2D eigenvalue weighted by Gasteiger charge is -2.18. The second-order valence-electron chi connectivity index (χ2n) is 4.66.